The fraction of sp³-hybridized carbons (Fsp3) is 0.857. The van der Waals surface area contributed by atoms with E-state index < -0.39 is 6.09 Å². The van der Waals surface area contributed by atoms with E-state index in [1.54, 1.807) is 0 Å². The lowest BCUT2D eigenvalue weighted by atomic mass is 10.4. The second-order valence-corrected chi connectivity index (χ2v) is 3.27. The molecule has 0 saturated carbocycles. The molecule has 0 fully saturated rings. The number of unbranched alkanes of at least 4 members (excludes halogenated alkanes) is 1. The zero-order valence-corrected chi connectivity index (χ0v) is 7.86. The second-order valence-electron chi connectivity index (χ2n) is 2.16. The molecule has 1 N–H and O–H groups in total. The summed E-state index contributed by atoms with van der Waals surface area (Å²) in [6.07, 6.45) is 1.35. The van der Waals surface area contributed by atoms with Gasteiger partial charge < -0.3 is 5.11 Å². The van der Waals surface area contributed by atoms with Gasteiger partial charge in [0.1, 0.15) is 0 Å². The first-order chi connectivity index (χ1) is 5.22. The zero-order valence-electron chi connectivity index (χ0n) is 7.04. The lowest BCUT2D eigenvalue weighted by Crippen LogP contribution is -2.22. The standard InChI is InChI=1S/C7H15NO2S/c1-3-5-6-11-8(4-2)7(9)10/h3-6H2,1-2H3,(H,9,10). The van der Waals surface area contributed by atoms with Gasteiger partial charge in [0.2, 0.25) is 0 Å². The van der Waals surface area contributed by atoms with Gasteiger partial charge in [-0.1, -0.05) is 13.3 Å². The van der Waals surface area contributed by atoms with Crippen LogP contribution in [0.25, 0.3) is 0 Å². The Morgan fingerprint density at radius 2 is 2.18 bits per heavy atom. The van der Waals surface area contributed by atoms with Crippen LogP contribution in [0.3, 0.4) is 0 Å². The largest absolute Gasteiger partial charge is 0.464 e. The molecule has 0 aromatic rings. The van der Waals surface area contributed by atoms with Gasteiger partial charge in [-0.3, -0.25) is 4.31 Å². The highest BCUT2D eigenvalue weighted by Gasteiger charge is 2.07. The van der Waals surface area contributed by atoms with Gasteiger partial charge in [-0.15, -0.1) is 0 Å². The van der Waals surface area contributed by atoms with E-state index in [1.165, 1.54) is 16.3 Å². The number of hydrogen-bond donors (Lipinski definition) is 1. The Bertz CT molecular complexity index is 119. The van der Waals surface area contributed by atoms with E-state index >= 15 is 0 Å². The Hall–Kier alpha value is -0.380. The molecule has 0 spiro atoms. The summed E-state index contributed by atoms with van der Waals surface area (Å²) in [5.41, 5.74) is 0. The highest BCUT2D eigenvalue weighted by atomic mass is 32.2. The van der Waals surface area contributed by atoms with Crippen LogP contribution < -0.4 is 0 Å². The maximum absolute atomic E-state index is 10.4. The molecule has 0 heterocycles. The van der Waals surface area contributed by atoms with Gasteiger partial charge in [0.15, 0.2) is 0 Å². The van der Waals surface area contributed by atoms with Crippen molar-refractivity contribution in [2.45, 2.75) is 26.7 Å². The van der Waals surface area contributed by atoms with E-state index in [0.29, 0.717) is 6.54 Å². The maximum Gasteiger partial charge on any atom is 0.417 e. The van der Waals surface area contributed by atoms with Crippen molar-refractivity contribution in [1.29, 1.82) is 0 Å². The van der Waals surface area contributed by atoms with Crippen LogP contribution >= 0.6 is 11.9 Å². The van der Waals surface area contributed by atoms with Crippen LogP contribution in [0.15, 0.2) is 0 Å². The molecule has 0 aromatic carbocycles. The Balaban J connectivity index is 3.44. The van der Waals surface area contributed by atoms with Crippen molar-refractivity contribution in [1.82, 2.24) is 4.31 Å². The number of carboxylic acid groups (broad SMARTS) is 1. The minimum atomic E-state index is -0.839. The first kappa shape index (κ1) is 10.6. The third-order valence-corrected chi connectivity index (χ3v) is 2.44. The van der Waals surface area contributed by atoms with Crippen LogP contribution in [0, 0.1) is 0 Å². The maximum atomic E-state index is 10.4. The van der Waals surface area contributed by atoms with Crippen molar-refractivity contribution in [2.24, 2.45) is 0 Å². The van der Waals surface area contributed by atoms with Gasteiger partial charge in [0.05, 0.1) is 0 Å². The fourth-order valence-corrected chi connectivity index (χ4v) is 1.53. The molecule has 3 nitrogen and oxygen atoms in total. The van der Waals surface area contributed by atoms with E-state index in [2.05, 4.69) is 6.92 Å². The molecular weight excluding hydrogens is 162 g/mol. The zero-order chi connectivity index (χ0) is 8.69. The summed E-state index contributed by atoms with van der Waals surface area (Å²) in [6, 6.07) is 0. The van der Waals surface area contributed by atoms with Gasteiger partial charge in [-0.25, -0.2) is 4.79 Å². The summed E-state index contributed by atoms with van der Waals surface area (Å²) in [6.45, 7) is 4.49. The first-order valence-corrected chi connectivity index (χ1v) is 4.80. The molecule has 0 bridgehead atoms. The molecule has 0 aliphatic rings. The van der Waals surface area contributed by atoms with Crippen molar-refractivity contribution in [3.8, 4) is 0 Å². The smallest absolute Gasteiger partial charge is 0.417 e. The van der Waals surface area contributed by atoms with Crippen molar-refractivity contribution in [3.05, 3.63) is 0 Å². The monoisotopic (exact) mass is 177 g/mol. The van der Waals surface area contributed by atoms with E-state index in [4.69, 9.17) is 5.11 Å². The van der Waals surface area contributed by atoms with Crippen molar-refractivity contribution in [3.63, 3.8) is 0 Å². The van der Waals surface area contributed by atoms with Crippen LogP contribution in [-0.2, 0) is 0 Å². The topological polar surface area (TPSA) is 40.5 Å². The van der Waals surface area contributed by atoms with Crippen LogP contribution in [0.5, 0.6) is 0 Å². The van der Waals surface area contributed by atoms with Crippen molar-refractivity contribution in [2.75, 3.05) is 12.3 Å². The SMILES string of the molecule is CCCCSN(CC)C(=O)O. The molecule has 4 heteroatoms. The average molecular weight is 177 g/mol. The molecule has 0 saturated heterocycles. The first-order valence-electron chi connectivity index (χ1n) is 3.85. The summed E-state index contributed by atoms with van der Waals surface area (Å²) in [7, 11) is 0. The Morgan fingerprint density at radius 3 is 2.55 bits per heavy atom. The Kier molecular flexibility index (Phi) is 6.12. The molecule has 0 unspecified atom stereocenters. The normalized spacial score (nSPS) is 9.64. The van der Waals surface area contributed by atoms with Crippen LogP contribution in [0.2, 0.25) is 0 Å². The van der Waals surface area contributed by atoms with Crippen molar-refractivity contribution >= 4 is 18.0 Å². The van der Waals surface area contributed by atoms with E-state index in [-0.39, 0.29) is 0 Å². The number of carbonyl (C=O) groups is 1. The summed E-state index contributed by atoms with van der Waals surface area (Å²) in [5, 5.41) is 8.58. The number of rotatable bonds is 5. The summed E-state index contributed by atoms with van der Waals surface area (Å²) >= 11 is 1.39. The molecule has 0 radical (unpaired) electrons. The van der Waals surface area contributed by atoms with Crippen LogP contribution in [0.1, 0.15) is 26.7 Å². The molecule has 0 rings (SSSR count). The number of hydrogen-bond acceptors (Lipinski definition) is 2. The highest BCUT2D eigenvalue weighted by molar-refractivity contribution is 7.97. The van der Waals surface area contributed by atoms with Gasteiger partial charge in [-0.05, 0) is 25.3 Å². The summed E-state index contributed by atoms with van der Waals surface area (Å²) in [5.74, 6) is 0.899. The third kappa shape index (κ3) is 4.95. The summed E-state index contributed by atoms with van der Waals surface area (Å²) < 4.78 is 1.36. The molecule has 0 aromatic heterocycles. The van der Waals surface area contributed by atoms with Crippen LogP contribution in [-0.4, -0.2) is 27.8 Å². The fourth-order valence-electron chi connectivity index (χ4n) is 0.601. The predicted octanol–water partition coefficient (Wildman–Crippen LogP) is 2.43. The van der Waals surface area contributed by atoms with Crippen molar-refractivity contribution < 1.29 is 9.90 Å². The minimum Gasteiger partial charge on any atom is -0.464 e. The number of nitrogens with zero attached hydrogens (tertiary/aromatic N) is 1. The lowest BCUT2D eigenvalue weighted by Gasteiger charge is -2.14. The molecular formula is C7H15NO2S. The molecule has 0 aliphatic carbocycles. The highest BCUT2D eigenvalue weighted by Crippen LogP contribution is 2.11. The van der Waals surface area contributed by atoms with E-state index in [9.17, 15) is 4.79 Å². The van der Waals surface area contributed by atoms with Crippen LogP contribution in [0.4, 0.5) is 4.79 Å². The molecule has 0 aliphatic heterocycles. The average Bonchev–Trinajstić information content (AvgIpc) is 1.97. The number of amides is 1. The summed E-state index contributed by atoms with van der Waals surface area (Å²) in [4.78, 5) is 10.4. The lowest BCUT2D eigenvalue weighted by molar-refractivity contribution is 0.176. The molecule has 66 valence electrons. The molecule has 0 atom stereocenters. The Labute approximate surface area is 71.9 Å². The molecule has 1 amide bonds. The van der Waals surface area contributed by atoms with Gasteiger partial charge in [-0.2, -0.15) is 0 Å². The van der Waals surface area contributed by atoms with E-state index in [0.717, 1.165) is 18.6 Å². The van der Waals surface area contributed by atoms with E-state index in [1.807, 2.05) is 6.92 Å². The van der Waals surface area contributed by atoms with Gasteiger partial charge in [0, 0.05) is 12.3 Å². The quantitative estimate of drug-likeness (QED) is 0.518. The Morgan fingerprint density at radius 1 is 1.55 bits per heavy atom. The minimum absolute atomic E-state index is 0.559. The third-order valence-electron chi connectivity index (χ3n) is 1.25. The predicted molar refractivity (Wildman–Crippen MR) is 47.8 cm³/mol. The van der Waals surface area contributed by atoms with Gasteiger partial charge in [0.25, 0.3) is 0 Å². The molecule has 11 heavy (non-hydrogen) atoms. The second kappa shape index (κ2) is 6.34. The van der Waals surface area contributed by atoms with Gasteiger partial charge >= 0.3 is 6.09 Å².